The monoisotopic (exact) mass is 579 g/mol. The van der Waals surface area contributed by atoms with E-state index in [0.717, 1.165) is 5.39 Å². The number of nitrogens with one attached hydrogen (secondary N) is 1. The number of fused-ring (bicyclic) bond motifs is 1. The van der Waals surface area contributed by atoms with Crippen LogP contribution in [0.5, 0.6) is 0 Å². The van der Waals surface area contributed by atoms with Crippen molar-refractivity contribution in [3.63, 3.8) is 0 Å². The molecule has 224 valence electrons. The van der Waals surface area contributed by atoms with Crippen LogP contribution in [0.2, 0.25) is 0 Å². The van der Waals surface area contributed by atoms with E-state index in [0.29, 0.717) is 56.7 Å². The van der Waals surface area contributed by atoms with Crippen LogP contribution in [-0.2, 0) is 20.7 Å². The van der Waals surface area contributed by atoms with Gasteiger partial charge in [0.25, 0.3) is 5.91 Å². The molecule has 1 unspecified atom stereocenters. The molecule has 0 saturated carbocycles. The van der Waals surface area contributed by atoms with Gasteiger partial charge in [-0.2, -0.15) is 5.26 Å². The minimum atomic E-state index is -1.84. The average molecular weight is 579 g/mol. The van der Waals surface area contributed by atoms with E-state index < -0.39 is 36.6 Å². The number of nitriles is 1. The Labute approximate surface area is 245 Å². The first-order valence-electron chi connectivity index (χ1n) is 14.2. The summed E-state index contributed by atoms with van der Waals surface area (Å²) in [6.45, 7) is 8.18. The average Bonchev–Trinajstić information content (AvgIpc) is 3.61. The van der Waals surface area contributed by atoms with E-state index in [1.807, 2.05) is 32.0 Å². The summed E-state index contributed by atoms with van der Waals surface area (Å²) in [4.78, 5) is 43.2. The number of hydrogen-bond donors (Lipinski definition) is 3. The van der Waals surface area contributed by atoms with Crippen LogP contribution in [0.1, 0.15) is 39.2 Å². The number of furan rings is 1. The SMILES string of the molecule is CC(=O)N1CCN(C(C)(C)C=C(C#N)C(=O)N2CCCC2COC(=O)N[C@@H](Cc2coc3ccccc23)B(O)O)CC1. The Balaban J connectivity index is 1.34. The van der Waals surface area contributed by atoms with Crippen LogP contribution in [0.25, 0.3) is 11.0 Å². The third-order valence-corrected chi connectivity index (χ3v) is 8.10. The molecular weight excluding hydrogens is 541 g/mol. The lowest BCUT2D eigenvalue weighted by atomic mass is 9.76. The highest BCUT2D eigenvalue weighted by Gasteiger charge is 2.35. The van der Waals surface area contributed by atoms with Crippen molar-refractivity contribution in [2.75, 3.05) is 39.3 Å². The third kappa shape index (κ3) is 7.31. The Morgan fingerprint density at radius 1 is 1.21 bits per heavy atom. The second kappa shape index (κ2) is 13.4. The summed E-state index contributed by atoms with van der Waals surface area (Å²) in [5, 5.41) is 32.9. The van der Waals surface area contributed by atoms with Crippen LogP contribution < -0.4 is 5.32 Å². The van der Waals surface area contributed by atoms with E-state index in [1.165, 1.54) is 6.26 Å². The van der Waals surface area contributed by atoms with Gasteiger partial charge >= 0.3 is 13.2 Å². The first-order valence-corrected chi connectivity index (χ1v) is 14.2. The van der Waals surface area contributed by atoms with Crippen molar-refractivity contribution >= 4 is 36.0 Å². The zero-order valence-corrected chi connectivity index (χ0v) is 24.3. The fraction of sp³-hybridized carbons (Fsp3) is 0.517. The van der Waals surface area contributed by atoms with Gasteiger partial charge in [-0.1, -0.05) is 18.2 Å². The zero-order valence-electron chi connectivity index (χ0n) is 24.3. The number of para-hydroxylation sites is 1. The maximum Gasteiger partial charge on any atom is 0.475 e. The lowest BCUT2D eigenvalue weighted by Crippen LogP contribution is -2.55. The molecule has 2 fully saturated rings. The number of piperazine rings is 1. The number of hydrogen-bond acceptors (Lipinski definition) is 9. The van der Waals surface area contributed by atoms with Gasteiger partial charge in [-0.05, 0) is 50.8 Å². The molecule has 1 aromatic carbocycles. The lowest BCUT2D eigenvalue weighted by Gasteiger charge is -2.42. The predicted octanol–water partition coefficient (Wildman–Crippen LogP) is 1.47. The van der Waals surface area contributed by atoms with Crippen molar-refractivity contribution in [3.05, 3.63) is 47.7 Å². The van der Waals surface area contributed by atoms with Crippen LogP contribution in [0.15, 0.2) is 46.6 Å². The molecule has 0 spiro atoms. The smallest absolute Gasteiger partial charge is 0.464 e. The molecule has 2 atom stereocenters. The lowest BCUT2D eigenvalue weighted by molar-refractivity contribution is -0.131. The number of amides is 3. The molecule has 3 N–H and O–H groups in total. The summed E-state index contributed by atoms with van der Waals surface area (Å²) in [5.41, 5.74) is 0.782. The molecule has 2 saturated heterocycles. The Hall–Kier alpha value is -3.86. The number of nitrogens with zero attached hydrogens (tertiary/aromatic N) is 4. The van der Waals surface area contributed by atoms with Crippen molar-refractivity contribution in [1.29, 1.82) is 5.26 Å². The van der Waals surface area contributed by atoms with E-state index in [-0.39, 0.29) is 24.5 Å². The molecule has 1 aromatic heterocycles. The minimum absolute atomic E-state index is 0.0150. The molecule has 0 aliphatic carbocycles. The Bertz CT molecular complexity index is 1360. The van der Waals surface area contributed by atoms with Gasteiger partial charge in [0, 0.05) is 50.6 Å². The Morgan fingerprint density at radius 2 is 1.93 bits per heavy atom. The fourth-order valence-electron chi connectivity index (χ4n) is 5.64. The van der Waals surface area contributed by atoms with Gasteiger partial charge in [0.15, 0.2) is 0 Å². The quantitative estimate of drug-likeness (QED) is 0.227. The first-order chi connectivity index (χ1) is 20.0. The van der Waals surface area contributed by atoms with Crippen LogP contribution in [0.4, 0.5) is 4.79 Å². The van der Waals surface area contributed by atoms with Gasteiger partial charge in [-0.15, -0.1) is 0 Å². The molecular formula is C29H38BN5O7. The highest BCUT2D eigenvalue weighted by molar-refractivity contribution is 6.43. The molecule has 0 bridgehead atoms. The number of ether oxygens (including phenoxy) is 1. The van der Waals surface area contributed by atoms with Crippen LogP contribution in [0, 0.1) is 11.3 Å². The molecule has 3 amide bonds. The standard InChI is InChI=1S/C29H38BN5O7/c1-20(36)33-11-13-34(14-12-33)29(2,3)16-22(17-31)27(37)35-10-6-7-23(35)19-42-28(38)32-26(30(39)40)15-21-18-41-25-9-5-4-8-24(21)25/h4-5,8-9,16,18,23,26,39-40H,6-7,10-15,19H2,1-3H3,(H,32,38)/t23?,26-/m0/s1. The maximum absolute atomic E-state index is 13.4. The van der Waals surface area contributed by atoms with Crippen LogP contribution in [0.3, 0.4) is 0 Å². The van der Waals surface area contributed by atoms with Gasteiger partial charge in [0.05, 0.1) is 18.2 Å². The number of carbonyl (C=O) groups excluding carboxylic acids is 3. The molecule has 12 nitrogen and oxygen atoms in total. The number of alkyl carbamates (subject to hydrolysis) is 1. The largest absolute Gasteiger partial charge is 0.475 e. The summed E-state index contributed by atoms with van der Waals surface area (Å²) in [6, 6.07) is 8.95. The number of benzene rings is 1. The molecule has 42 heavy (non-hydrogen) atoms. The van der Waals surface area contributed by atoms with Crippen LogP contribution in [-0.4, -0.2) is 107 Å². The van der Waals surface area contributed by atoms with Crippen molar-refractivity contribution in [1.82, 2.24) is 20.0 Å². The van der Waals surface area contributed by atoms with E-state index in [1.54, 1.807) is 28.9 Å². The zero-order chi connectivity index (χ0) is 30.4. The van der Waals surface area contributed by atoms with Gasteiger partial charge < -0.3 is 34.3 Å². The van der Waals surface area contributed by atoms with E-state index in [4.69, 9.17) is 9.15 Å². The summed E-state index contributed by atoms with van der Waals surface area (Å²) < 4.78 is 10.9. The number of rotatable bonds is 9. The molecule has 4 rings (SSSR count). The van der Waals surface area contributed by atoms with Gasteiger partial charge in [0.2, 0.25) is 5.91 Å². The molecule has 2 aromatic rings. The van der Waals surface area contributed by atoms with E-state index in [2.05, 4.69) is 16.3 Å². The minimum Gasteiger partial charge on any atom is -0.464 e. The first kappa shape index (κ1) is 31.1. The van der Waals surface area contributed by atoms with Crippen molar-refractivity contribution in [2.24, 2.45) is 0 Å². The van der Waals surface area contributed by atoms with Gasteiger partial charge in [0.1, 0.15) is 23.8 Å². The number of likely N-dealkylation sites (tertiary alicyclic amines) is 1. The topological polar surface area (TPSA) is 160 Å². The molecule has 13 heteroatoms. The second-order valence-corrected chi connectivity index (χ2v) is 11.3. The third-order valence-electron chi connectivity index (χ3n) is 8.10. The maximum atomic E-state index is 13.4. The van der Waals surface area contributed by atoms with Crippen molar-refractivity contribution < 1.29 is 33.6 Å². The molecule has 2 aliphatic rings. The van der Waals surface area contributed by atoms with E-state index >= 15 is 0 Å². The molecule has 2 aliphatic heterocycles. The van der Waals surface area contributed by atoms with E-state index in [9.17, 15) is 29.7 Å². The predicted molar refractivity (Wildman–Crippen MR) is 155 cm³/mol. The molecule has 3 heterocycles. The normalized spacial score (nSPS) is 19.0. The molecule has 0 radical (unpaired) electrons. The highest BCUT2D eigenvalue weighted by atomic mass is 16.5. The Morgan fingerprint density at radius 3 is 2.60 bits per heavy atom. The summed E-state index contributed by atoms with van der Waals surface area (Å²) >= 11 is 0. The van der Waals surface area contributed by atoms with Crippen molar-refractivity contribution in [2.45, 2.75) is 57.6 Å². The fourth-order valence-corrected chi connectivity index (χ4v) is 5.64. The van der Waals surface area contributed by atoms with Crippen molar-refractivity contribution in [3.8, 4) is 6.07 Å². The van der Waals surface area contributed by atoms with Crippen LogP contribution >= 0.6 is 0 Å². The Kier molecular flexibility index (Phi) is 9.93. The second-order valence-electron chi connectivity index (χ2n) is 11.3. The summed E-state index contributed by atoms with van der Waals surface area (Å²) in [6.07, 6.45) is 3.75. The summed E-state index contributed by atoms with van der Waals surface area (Å²) in [5.74, 6) is -1.44. The number of carbonyl (C=O) groups is 3. The van der Waals surface area contributed by atoms with Gasteiger partial charge in [-0.25, -0.2) is 4.79 Å². The van der Waals surface area contributed by atoms with Gasteiger partial charge in [-0.3, -0.25) is 14.5 Å². The highest BCUT2D eigenvalue weighted by Crippen LogP contribution is 2.25. The summed E-state index contributed by atoms with van der Waals surface area (Å²) in [7, 11) is -1.84.